The van der Waals surface area contributed by atoms with Gasteiger partial charge in [-0.15, -0.1) is 11.8 Å². The molecule has 1 rings (SSSR count). The minimum absolute atomic E-state index is 0.0223. The van der Waals surface area contributed by atoms with E-state index in [-0.39, 0.29) is 17.3 Å². The molecular formula is C13H18N2O4S. The van der Waals surface area contributed by atoms with Crippen LogP contribution in [0.3, 0.4) is 0 Å². The summed E-state index contributed by atoms with van der Waals surface area (Å²) in [5.74, 6) is -0.00668. The monoisotopic (exact) mass is 298 g/mol. The Morgan fingerprint density at radius 3 is 2.45 bits per heavy atom. The lowest BCUT2D eigenvalue weighted by Crippen LogP contribution is -2.51. The Morgan fingerprint density at radius 2 is 2.00 bits per heavy atom. The highest BCUT2D eigenvalue weighted by Gasteiger charge is 2.25. The first-order valence-corrected chi connectivity index (χ1v) is 7.07. The number of amides is 1. The van der Waals surface area contributed by atoms with Crippen molar-refractivity contribution in [2.24, 2.45) is 0 Å². The number of benzene rings is 1. The number of non-ortho nitro benzene ring substituents is 1. The van der Waals surface area contributed by atoms with Gasteiger partial charge in [-0.05, 0) is 32.9 Å². The number of thioether (sulfide) groups is 1. The van der Waals surface area contributed by atoms with Gasteiger partial charge in [-0.25, -0.2) is 0 Å². The summed E-state index contributed by atoms with van der Waals surface area (Å²) in [6.07, 6.45) is -0.657. The molecule has 0 aliphatic carbocycles. The lowest BCUT2D eigenvalue weighted by molar-refractivity contribution is -0.384. The van der Waals surface area contributed by atoms with Crippen LogP contribution in [0.1, 0.15) is 20.8 Å². The van der Waals surface area contributed by atoms with E-state index >= 15 is 0 Å². The molecule has 0 heterocycles. The minimum atomic E-state index is -0.687. The maximum Gasteiger partial charge on any atom is 0.269 e. The Kier molecular flexibility index (Phi) is 5.52. The molecule has 7 heteroatoms. The largest absolute Gasteiger partial charge is 0.391 e. The number of nitro groups is 1. The topological polar surface area (TPSA) is 92.5 Å². The predicted octanol–water partition coefficient (Wildman–Crippen LogP) is 1.96. The summed E-state index contributed by atoms with van der Waals surface area (Å²) < 4.78 is 0. The summed E-state index contributed by atoms with van der Waals surface area (Å²) in [6, 6.07) is 6.02. The van der Waals surface area contributed by atoms with Crippen LogP contribution in [-0.4, -0.2) is 33.3 Å². The second-order valence-corrected chi connectivity index (χ2v) is 6.03. The second-order valence-electron chi connectivity index (χ2n) is 4.99. The quantitative estimate of drug-likeness (QED) is 0.476. The van der Waals surface area contributed by atoms with Gasteiger partial charge in [0.25, 0.3) is 5.69 Å². The fourth-order valence-corrected chi connectivity index (χ4v) is 2.01. The Balaban J connectivity index is 2.51. The highest BCUT2D eigenvalue weighted by atomic mass is 32.2. The van der Waals surface area contributed by atoms with E-state index < -0.39 is 16.6 Å². The van der Waals surface area contributed by atoms with Crippen molar-refractivity contribution in [1.82, 2.24) is 5.32 Å². The number of hydrogen-bond donors (Lipinski definition) is 2. The summed E-state index contributed by atoms with van der Waals surface area (Å²) >= 11 is 1.29. The van der Waals surface area contributed by atoms with E-state index in [1.54, 1.807) is 32.9 Å². The third kappa shape index (κ3) is 4.82. The predicted molar refractivity (Wildman–Crippen MR) is 77.7 cm³/mol. The zero-order chi connectivity index (χ0) is 15.3. The van der Waals surface area contributed by atoms with Gasteiger partial charge in [-0.1, -0.05) is 0 Å². The molecule has 0 radical (unpaired) electrons. The fraction of sp³-hybridized carbons (Fsp3) is 0.462. The van der Waals surface area contributed by atoms with Crippen molar-refractivity contribution in [1.29, 1.82) is 0 Å². The Hall–Kier alpha value is -1.60. The number of nitrogens with zero attached hydrogens (tertiary/aromatic N) is 1. The molecule has 110 valence electrons. The third-order valence-electron chi connectivity index (χ3n) is 2.92. The number of aliphatic hydroxyl groups excluding tert-OH is 1. The zero-order valence-corrected chi connectivity index (χ0v) is 12.4. The van der Waals surface area contributed by atoms with Crippen molar-refractivity contribution < 1.29 is 14.8 Å². The fourth-order valence-electron chi connectivity index (χ4n) is 1.31. The number of nitrogens with one attached hydrogen (secondary N) is 1. The van der Waals surface area contributed by atoms with Crippen LogP contribution in [0.15, 0.2) is 29.2 Å². The molecule has 1 aromatic rings. The van der Waals surface area contributed by atoms with Gasteiger partial charge < -0.3 is 10.4 Å². The molecule has 0 aromatic heterocycles. The summed E-state index contributed by atoms with van der Waals surface area (Å²) in [7, 11) is 0. The van der Waals surface area contributed by atoms with E-state index in [2.05, 4.69) is 5.32 Å². The van der Waals surface area contributed by atoms with E-state index in [0.29, 0.717) is 0 Å². The number of aliphatic hydroxyl groups is 1. The molecule has 1 atom stereocenters. The molecule has 6 nitrogen and oxygen atoms in total. The SMILES string of the molecule is CC(O)C(C)(C)NC(=O)CSc1ccc([N+](=O)[O-])cc1. The molecule has 2 N–H and O–H groups in total. The molecule has 0 saturated heterocycles. The van der Waals surface area contributed by atoms with Crippen LogP contribution in [0.2, 0.25) is 0 Å². The van der Waals surface area contributed by atoms with Crippen molar-refractivity contribution in [3.8, 4) is 0 Å². The standard InChI is InChI=1S/C13H18N2O4S/c1-9(16)13(2,3)14-12(17)8-20-11-6-4-10(5-7-11)15(18)19/h4-7,9,16H,8H2,1-3H3,(H,14,17). The van der Waals surface area contributed by atoms with Crippen LogP contribution in [0.4, 0.5) is 5.69 Å². The number of carbonyl (C=O) groups excluding carboxylic acids is 1. The summed E-state index contributed by atoms with van der Waals surface area (Å²) in [6.45, 7) is 5.10. The van der Waals surface area contributed by atoms with Crippen molar-refractivity contribution in [2.75, 3.05) is 5.75 Å². The van der Waals surface area contributed by atoms with Gasteiger partial charge in [-0.2, -0.15) is 0 Å². The van der Waals surface area contributed by atoms with E-state index in [9.17, 15) is 20.0 Å². The number of carbonyl (C=O) groups is 1. The van der Waals surface area contributed by atoms with Crippen molar-refractivity contribution in [3.05, 3.63) is 34.4 Å². The molecule has 1 unspecified atom stereocenters. The van der Waals surface area contributed by atoms with Gasteiger partial charge in [0.1, 0.15) is 0 Å². The van der Waals surface area contributed by atoms with E-state index in [1.165, 1.54) is 23.9 Å². The highest BCUT2D eigenvalue weighted by molar-refractivity contribution is 8.00. The molecule has 0 saturated carbocycles. The van der Waals surface area contributed by atoms with Crippen LogP contribution in [0.5, 0.6) is 0 Å². The Morgan fingerprint density at radius 1 is 1.45 bits per heavy atom. The molecule has 1 amide bonds. The number of hydrogen-bond acceptors (Lipinski definition) is 5. The average Bonchev–Trinajstić information content (AvgIpc) is 2.36. The first-order valence-electron chi connectivity index (χ1n) is 6.08. The van der Waals surface area contributed by atoms with Gasteiger partial charge in [0, 0.05) is 17.0 Å². The summed E-state index contributed by atoms with van der Waals surface area (Å²) in [4.78, 5) is 22.6. The van der Waals surface area contributed by atoms with Crippen LogP contribution in [0.25, 0.3) is 0 Å². The summed E-state index contributed by atoms with van der Waals surface area (Å²) in [5.41, 5.74) is -0.665. The molecule has 1 aromatic carbocycles. The van der Waals surface area contributed by atoms with Crippen molar-refractivity contribution >= 4 is 23.4 Å². The first-order chi connectivity index (χ1) is 9.22. The lowest BCUT2D eigenvalue weighted by atomic mass is 9.99. The van der Waals surface area contributed by atoms with Gasteiger partial charge >= 0.3 is 0 Å². The minimum Gasteiger partial charge on any atom is -0.391 e. The lowest BCUT2D eigenvalue weighted by Gasteiger charge is -2.29. The average molecular weight is 298 g/mol. The van der Waals surface area contributed by atoms with Crippen LogP contribution in [-0.2, 0) is 4.79 Å². The Labute approximate surface area is 121 Å². The third-order valence-corrected chi connectivity index (χ3v) is 3.94. The maximum absolute atomic E-state index is 11.8. The molecule has 0 fully saturated rings. The molecular weight excluding hydrogens is 280 g/mol. The first kappa shape index (κ1) is 16.5. The van der Waals surface area contributed by atoms with Crippen molar-refractivity contribution in [3.63, 3.8) is 0 Å². The second kappa shape index (κ2) is 6.71. The smallest absolute Gasteiger partial charge is 0.269 e. The molecule has 0 aliphatic heterocycles. The van der Waals surface area contributed by atoms with Gasteiger partial charge in [0.05, 0.1) is 22.3 Å². The molecule has 0 spiro atoms. The van der Waals surface area contributed by atoms with Crippen LogP contribution in [0, 0.1) is 10.1 Å². The van der Waals surface area contributed by atoms with Crippen LogP contribution >= 0.6 is 11.8 Å². The maximum atomic E-state index is 11.8. The Bertz CT molecular complexity index is 486. The normalized spacial score (nSPS) is 12.8. The van der Waals surface area contributed by atoms with Gasteiger partial charge in [-0.3, -0.25) is 14.9 Å². The zero-order valence-electron chi connectivity index (χ0n) is 11.6. The van der Waals surface area contributed by atoms with E-state index in [4.69, 9.17) is 0 Å². The van der Waals surface area contributed by atoms with Crippen LogP contribution < -0.4 is 5.32 Å². The van der Waals surface area contributed by atoms with Gasteiger partial charge in [0.15, 0.2) is 0 Å². The molecule has 0 aliphatic rings. The number of nitro benzene ring substituents is 1. The number of rotatable bonds is 6. The molecule has 20 heavy (non-hydrogen) atoms. The molecule has 0 bridgehead atoms. The van der Waals surface area contributed by atoms with E-state index in [0.717, 1.165) is 4.90 Å². The van der Waals surface area contributed by atoms with Gasteiger partial charge in [0.2, 0.25) is 5.91 Å². The van der Waals surface area contributed by atoms with E-state index in [1.807, 2.05) is 0 Å². The summed E-state index contributed by atoms with van der Waals surface area (Å²) in [5, 5.41) is 22.8. The van der Waals surface area contributed by atoms with Crippen molar-refractivity contribution in [2.45, 2.75) is 37.3 Å². The highest BCUT2D eigenvalue weighted by Crippen LogP contribution is 2.21.